The number of nitrogens with zero attached hydrogens (tertiary/aromatic N) is 2. The molecule has 2 heterocycles. The van der Waals surface area contributed by atoms with Crippen molar-refractivity contribution in [2.24, 2.45) is 0 Å². The smallest absolute Gasteiger partial charge is 0.0714 e. The van der Waals surface area contributed by atoms with Gasteiger partial charge in [0.1, 0.15) is 0 Å². The van der Waals surface area contributed by atoms with E-state index in [0.717, 1.165) is 16.8 Å². The van der Waals surface area contributed by atoms with E-state index in [-0.39, 0.29) is 0 Å². The first-order valence-electron chi connectivity index (χ1n) is 14.9. The van der Waals surface area contributed by atoms with Crippen LogP contribution in [0.2, 0.25) is 0 Å². The molecule has 0 bridgehead atoms. The molecule has 0 aliphatic carbocycles. The van der Waals surface area contributed by atoms with E-state index < -0.39 is 0 Å². The van der Waals surface area contributed by atoms with Gasteiger partial charge in [-0.2, -0.15) is 0 Å². The third-order valence-electron chi connectivity index (χ3n) is 8.64. The molecule has 0 saturated carbocycles. The summed E-state index contributed by atoms with van der Waals surface area (Å²) in [6.45, 7) is 10.8. The molecular formula is C41H34N2. The summed E-state index contributed by atoms with van der Waals surface area (Å²) in [6.07, 6.45) is 3.86. The maximum atomic E-state index is 4.78. The number of hydrogen-bond acceptors (Lipinski definition) is 2. The lowest BCUT2D eigenvalue weighted by molar-refractivity contribution is 1.22. The summed E-state index contributed by atoms with van der Waals surface area (Å²) in [4.78, 5) is 9.55. The Hall–Kier alpha value is -5.08. The highest BCUT2D eigenvalue weighted by Gasteiger charge is 2.15. The van der Waals surface area contributed by atoms with Crippen LogP contribution in [0.15, 0.2) is 116 Å². The van der Waals surface area contributed by atoms with Gasteiger partial charge in [-0.15, -0.1) is 0 Å². The van der Waals surface area contributed by atoms with Crippen LogP contribution in [0.5, 0.6) is 0 Å². The molecule has 0 saturated heterocycles. The summed E-state index contributed by atoms with van der Waals surface area (Å²) in [7, 11) is 0. The van der Waals surface area contributed by atoms with Crippen molar-refractivity contribution in [2.75, 3.05) is 0 Å². The number of aryl methyl sites for hydroxylation is 5. The van der Waals surface area contributed by atoms with Crippen molar-refractivity contribution in [2.45, 2.75) is 34.6 Å². The Morgan fingerprint density at radius 1 is 0.419 bits per heavy atom. The fourth-order valence-corrected chi connectivity index (χ4v) is 6.29. The van der Waals surface area contributed by atoms with E-state index in [4.69, 9.17) is 9.97 Å². The molecule has 0 amide bonds. The van der Waals surface area contributed by atoms with E-state index in [1.807, 2.05) is 18.5 Å². The molecule has 0 fully saturated rings. The summed E-state index contributed by atoms with van der Waals surface area (Å²) in [5.41, 5.74) is 16.6. The Balaban J connectivity index is 1.50. The first-order valence-corrected chi connectivity index (χ1v) is 14.9. The van der Waals surface area contributed by atoms with Gasteiger partial charge in [0.05, 0.1) is 11.2 Å². The first kappa shape index (κ1) is 26.8. The van der Waals surface area contributed by atoms with Gasteiger partial charge in [0, 0.05) is 23.3 Å². The maximum Gasteiger partial charge on any atom is 0.0714 e. The van der Waals surface area contributed by atoms with Crippen LogP contribution in [0.1, 0.15) is 27.8 Å². The van der Waals surface area contributed by atoms with Gasteiger partial charge in [0.15, 0.2) is 0 Å². The van der Waals surface area contributed by atoms with Crippen LogP contribution in [0.25, 0.3) is 66.3 Å². The summed E-state index contributed by atoms with van der Waals surface area (Å²) < 4.78 is 0. The first-order chi connectivity index (χ1) is 20.8. The van der Waals surface area contributed by atoms with E-state index in [1.54, 1.807) is 0 Å². The van der Waals surface area contributed by atoms with Crippen molar-refractivity contribution in [1.82, 2.24) is 9.97 Å². The lowest BCUT2D eigenvalue weighted by Gasteiger charge is -2.16. The Morgan fingerprint density at radius 2 is 1.09 bits per heavy atom. The fraction of sp³-hybridized carbons (Fsp3) is 0.122. The lowest BCUT2D eigenvalue weighted by Crippen LogP contribution is -1.93. The van der Waals surface area contributed by atoms with Crippen LogP contribution in [0.4, 0.5) is 0 Å². The van der Waals surface area contributed by atoms with Crippen molar-refractivity contribution >= 4 is 21.7 Å². The third kappa shape index (κ3) is 5.00. The lowest BCUT2D eigenvalue weighted by atomic mass is 9.88. The van der Waals surface area contributed by atoms with Crippen LogP contribution in [-0.4, -0.2) is 9.97 Å². The molecular weight excluding hydrogens is 520 g/mol. The van der Waals surface area contributed by atoms with Crippen LogP contribution in [0.3, 0.4) is 0 Å². The molecule has 0 aliphatic rings. The normalized spacial score (nSPS) is 11.4. The summed E-state index contributed by atoms with van der Waals surface area (Å²) in [6, 6.07) is 37.9. The van der Waals surface area contributed by atoms with E-state index >= 15 is 0 Å². The second-order valence-corrected chi connectivity index (χ2v) is 11.9. The molecule has 5 aromatic carbocycles. The zero-order chi connectivity index (χ0) is 29.7. The Kier molecular flexibility index (Phi) is 6.63. The Labute approximate surface area is 253 Å². The highest BCUT2D eigenvalue weighted by atomic mass is 14.7. The van der Waals surface area contributed by atoms with Crippen molar-refractivity contribution < 1.29 is 0 Å². The molecule has 43 heavy (non-hydrogen) atoms. The molecule has 0 spiro atoms. The number of benzene rings is 5. The maximum absolute atomic E-state index is 4.78. The number of pyridine rings is 2. The average molecular weight is 555 g/mol. The topological polar surface area (TPSA) is 25.8 Å². The molecule has 0 N–H and O–H groups in total. The number of rotatable bonds is 4. The minimum absolute atomic E-state index is 1.00. The summed E-state index contributed by atoms with van der Waals surface area (Å²) in [5.74, 6) is 0. The molecule has 0 radical (unpaired) electrons. The molecule has 0 unspecified atom stereocenters. The van der Waals surface area contributed by atoms with Crippen LogP contribution < -0.4 is 0 Å². The van der Waals surface area contributed by atoms with Gasteiger partial charge in [-0.05, 0) is 138 Å². The molecule has 2 heteroatoms. The Morgan fingerprint density at radius 3 is 1.86 bits per heavy atom. The highest BCUT2D eigenvalue weighted by Crippen LogP contribution is 2.40. The Bertz CT molecular complexity index is 2170. The molecule has 2 nitrogen and oxygen atoms in total. The summed E-state index contributed by atoms with van der Waals surface area (Å²) in [5, 5.41) is 3.63. The van der Waals surface area contributed by atoms with E-state index in [1.165, 1.54) is 77.4 Å². The second-order valence-electron chi connectivity index (χ2n) is 11.9. The third-order valence-corrected chi connectivity index (χ3v) is 8.64. The minimum atomic E-state index is 1.00. The van der Waals surface area contributed by atoms with Crippen LogP contribution in [-0.2, 0) is 0 Å². The van der Waals surface area contributed by atoms with Gasteiger partial charge >= 0.3 is 0 Å². The largest absolute Gasteiger partial charge is 0.256 e. The summed E-state index contributed by atoms with van der Waals surface area (Å²) >= 11 is 0. The molecule has 2 aromatic heterocycles. The molecule has 7 rings (SSSR count). The van der Waals surface area contributed by atoms with Gasteiger partial charge in [-0.1, -0.05) is 71.8 Å². The standard InChI is InChI=1S/C41H34N2/c1-25-15-26(2)17-31(16-25)32-19-33(38-22-30(13-12-27(38)3)40-18-28(4)29(5)24-43-40)21-34(20-32)39-23-41-37(11-8-14-42-41)35-9-6-7-10-36(35)39/h6-24H,1-5H3. The van der Waals surface area contributed by atoms with Crippen molar-refractivity contribution in [3.05, 3.63) is 143 Å². The van der Waals surface area contributed by atoms with Crippen molar-refractivity contribution in [3.8, 4) is 44.6 Å². The van der Waals surface area contributed by atoms with Crippen LogP contribution >= 0.6 is 0 Å². The predicted molar refractivity (Wildman–Crippen MR) is 182 cm³/mol. The quantitative estimate of drug-likeness (QED) is 0.202. The van der Waals surface area contributed by atoms with Gasteiger partial charge in [0.2, 0.25) is 0 Å². The van der Waals surface area contributed by atoms with Gasteiger partial charge in [-0.3, -0.25) is 9.97 Å². The van der Waals surface area contributed by atoms with Crippen molar-refractivity contribution in [3.63, 3.8) is 0 Å². The number of fused-ring (bicyclic) bond motifs is 3. The van der Waals surface area contributed by atoms with E-state index in [0.29, 0.717) is 0 Å². The van der Waals surface area contributed by atoms with Gasteiger partial charge < -0.3 is 0 Å². The molecule has 0 atom stereocenters. The molecule has 0 aliphatic heterocycles. The zero-order valence-corrected chi connectivity index (χ0v) is 25.4. The number of hydrogen-bond donors (Lipinski definition) is 0. The second kappa shape index (κ2) is 10.6. The SMILES string of the molecule is Cc1cc(C)cc(-c2cc(-c3cc(-c4cc(C)c(C)cn4)ccc3C)cc(-c3cc4ncccc4c4ccccc34)c2)c1. The van der Waals surface area contributed by atoms with Gasteiger partial charge in [0.25, 0.3) is 0 Å². The highest BCUT2D eigenvalue weighted by molar-refractivity contribution is 6.13. The fourth-order valence-electron chi connectivity index (χ4n) is 6.29. The monoisotopic (exact) mass is 554 g/mol. The van der Waals surface area contributed by atoms with Gasteiger partial charge in [-0.25, -0.2) is 0 Å². The molecule has 7 aromatic rings. The van der Waals surface area contributed by atoms with Crippen molar-refractivity contribution in [1.29, 1.82) is 0 Å². The van der Waals surface area contributed by atoms with E-state index in [2.05, 4.69) is 132 Å². The minimum Gasteiger partial charge on any atom is -0.256 e. The van der Waals surface area contributed by atoms with Crippen LogP contribution in [0, 0.1) is 34.6 Å². The predicted octanol–water partition coefficient (Wildman–Crippen LogP) is 11.0. The zero-order valence-electron chi connectivity index (χ0n) is 25.4. The average Bonchev–Trinajstić information content (AvgIpc) is 3.01. The van der Waals surface area contributed by atoms with E-state index in [9.17, 15) is 0 Å². The number of aromatic nitrogens is 2. The molecule has 208 valence electrons.